The number of rotatable bonds is 4. The minimum atomic E-state index is -0.288. The summed E-state index contributed by atoms with van der Waals surface area (Å²) in [6, 6.07) is 12.3. The zero-order valence-corrected chi connectivity index (χ0v) is 14.8. The number of pyridine rings is 1. The lowest BCUT2D eigenvalue weighted by Gasteiger charge is -2.02. The zero-order valence-electron chi connectivity index (χ0n) is 13.9. The Balaban J connectivity index is 1.61. The van der Waals surface area contributed by atoms with Gasteiger partial charge in [-0.1, -0.05) is 37.2 Å². The minimum absolute atomic E-state index is 0.0646. The molecule has 1 saturated carbocycles. The van der Waals surface area contributed by atoms with Crippen LogP contribution in [0.4, 0.5) is 4.39 Å². The van der Waals surface area contributed by atoms with Crippen molar-refractivity contribution in [3.63, 3.8) is 0 Å². The Morgan fingerprint density at radius 3 is 2.68 bits per heavy atom. The standard InChI is InChI=1S/C19H18FN3OS/c1-19(2)17(12-6-7-16(25-21)22-10-12)18(19)14-9-15(24-23-14)11-4-3-5-13(20)8-11/h3-10,17-18H,21H2,1-2H3. The van der Waals surface area contributed by atoms with Crippen molar-refractivity contribution in [3.8, 4) is 11.3 Å². The molecule has 1 aliphatic carbocycles. The van der Waals surface area contributed by atoms with E-state index >= 15 is 0 Å². The molecular weight excluding hydrogens is 337 g/mol. The van der Waals surface area contributed by atoms with Gasteiger partial charge in [-0.2, -0.15) is 0 Å². The molecule has 1 aromatic carbocycles. The third-order valence-electron chi connectivity index (χ3n) is 5.02. The number of aromatic nitrogens is 2. The fourth-order valence-electron chi connectivity index (χ4n) is 3.67. The van der Waals surface area contributed by atoms with Crippen LogP contribution in [0.3, 0.4) is 0 Å². The van der Waals surface area contributed by atoms with Crippen molar-refractivity contribution in [1.29, 1.82) is 0 Å². The van der Waals surface area contributed by atoms with Gasteiger partial charge < -0.3 is 4.52 Å². The number of benzene rings is 1. The van der Waals surface area contributed by atoms with E-state index in [4.69, 9.17) is 9.66 Å². The van der Waals surface area contributed by atoms with E-state index in [1.807, 2.05) is 24.4 Å². The van der Waals surface area contributed by atoms with Gasteiger partial charge in [-0.25, -0.2) is 9.37 Å². The molecule has 25 heavy (non-hydrogen) atoms. The first kappa shape index (κ1) is 16.3. The molecule has 0 aliphatic heterocycles. The number of nitrogens with two attached hydrogens (primary N) is 1. The van der Waals surface area contributed by atoms with Crippen LogP contribution in [0.2, 0.25) is 0 Å². The monoisotopic (exact) mass is 355 g/mol. The smallest absolute Gasteiger partial charge is 0.167 e. The maximum Gasteiger partial charge on any atom is 0.167 e. The Hall–Kier alpha value is -2.18. The molecule has 2 atom stereocenters. The molecule has 0 bridgehead atoms. The molecule has 128 valence electrons. The van der Waals surface area contributed by atoms with Gasteiger partial charge >= 0.3 is 0 Å². The molecule has 6 heteroatoms. The van der Waals surface area contributed by atoms with Crippen LogP contribution in [0.5, 0.6) is 0 Å². The highest BCUT2D eigenvalue weighted by Crippen LogP contribution is 2.69. The average Bonchev–Trinajstić information content (AvgIpc) is 2.96. The van der Waals surface area contributed by atoms with E-state index in [0.29, 0.717) is 17.2 Å². The summed E-state index contributed by atoms with van der Waals surface area (Å²) in [6.07, 6.45) is 1.88. The molecule has 2 unspecified atom stereocenters. The third-order valence-corrected chi connectivity index (χ3v) is 5.51. The summed E-state index contributed by atoms with van der Waals surface area (Å²) in [5.41, 5.74) is 2.82. The topological polar surface area (TPSA) is 64.9 Å². The van der Waals surface area contributed by atoms with E-state index < -0.39 is 0 Å². The number of halogens is 1. The van der Waals surface area contributed by atoms with E-state index in [9.17, 15) is 4.39 Å². The van der Waals surface area contributed by atoms with Crippen LogP contribution >= 0.6 is 11.9 Å². The van der Waals surface area contributed by atoms with Crippen molar-refractivity contribution in [3.05, 3.63) is 65.7 Å². The molecule has 2 aromatic heterocycles. The fraction of sp³-hybridized carbons (Fsp3) is 0.263. The van der Waals surface area contributed by atoms with Crippen LogP contribution in [0, 0.1) is 11.2 Å². The van der Waals surface area contributed by atoms with Crippen molar-refractivity contribution < 1.29 is 8.91 Å². The molecule has 1 fully saturated rings. The lowest BCUT2D eigenvalue weighted by Crippen LogP contribution is -1.92. The molecule has 3 aromatic rings. The Kier molecular flexibility index (Phi) is 3.89. The lowest BCUT2D eigenvalue weighted by molar-refractivity contribution is 0.420. The van der Waals surface area contributed by atoms with Crippen molar-refractivity contribution >= 4 is 11.9 Å². The predicted molar refractivity (Wildman–Crippen MR) is 95.4 cm³/mol. The first-order chi connectivity index (χ1) is 12.0. The van der Waals surface area contributed by atoms with Crippen molar-refractivity contribution in [1.82, 2.24) is 10.1 Å². The molecule has 4 nitrogen and oxygen atoms in total. The van der Waals surface area contributed by atoms with Gasteiger partial charge in [0.15, 0.2) is 5.76 Å². The average molecular weight is 355 g/mol. The Labute approximate surface area is 149 Å². The molecular formula is C19H18FN3OS. The Bertz CT molecular complexity index is 907. The van der Waals surface area contributed by atoms with Crippen LogP contribution < -0.4 is 5.14 Å². The second-order valence-electron chi connectivity index (χ2n) is 6.95. The molecule has 0 amide bonds. The Morgan fingerprint density at radius 1 is 1.16 bits per heavy atom. The van der Waals surface area contributed by atoms with Crippen molar-refractivity contribution in [2.75, 3.05) is 0 Å². The minimum Gasteiger partial charge on any atom is -0.356 e. The van der Waals surface area contributed by atoms with E-state index in [1.165, 1.54) is 17.7 Å². The second kappa shape index (κ2) is 5.97. The largest absolute Gasteiger partial charge is 0.356 e. The van der Waals surface area contributed by atoms with Crippen LogP contribution in [0.25, 0.3) is 11.3 Å². The molecule has 4 rings (SSSR count). The van der Waals surface area contributed by atoms with Crippen LogP contribution in [-0.2, 0) is 0 Å². The summed E-state index contributed by atoms with van der Waals surface area (Å²) in [5.74, 6) is 0.868. The second-order valence-corrected chi connectivity index (χ2v) is 7.60. The van der Waals surface area contributed by atoms with Gasteiger partial charge in [0, 0.05) is 29.7 Å². The molecule has 2 heterocycles. The summed E-state index contributed by atoms with van der Waals surface area (Å²) in [6.45, 7) is 4.43. The number of hydrogen-bond donors (Lipinski definition) is 1. The van der Waals surface area contributed by atoms with Gasteiger partial charge in [0.2, 0.25) is 0 Å². The van der Waals surface area contributed by atoms with Gasteiger partial charge in [-0.15, -0.1) is 0 Å². The quantitative estimate of drug-likeness (QED) is 0.684. The zero-order chi connectivity index (χ0) is 17.6. The molecule has 2 N–H and O–H groups in total. The van der Waals surface area contributed by atoms with Crippen molar-refractivity contribution in [2.45, 2.75) is 30.7 Å². The highest BCUT2D eigenvalue weighted by Gasteiger charge is 2.60. The molecule has 1 aliphatic rings. The van der Waals surface area contributed by atoms with Gasteiger partial charge in [0.1, 0.15) is 10.8 Å². The van der Waals surface area contributed by atoms with Crippen LogP contribution in [-0.4, -0.2) is 10.1 Å². The lowest BCUT2D eigenvalue weighted by atomic mass is 10.0. The highest BCUT2D eigenvalue weighted by atomic mass is 32.2. The summed E-state index contributed by atoms with van der Waals surface area (Å²) in [4.78, 5) is 4.37. The van der Waals surface area contributed by atoms with E-state index in [1.54, 1.807) is 6.07 Å². The van der Waals surface area contributed by atoms with Gasteiger partial charge in [0.25, 0.3) is 0 Å². The summed E-state index contributed by atoms with van der Waals surface area (Å²) < 4.78 is 18.9. The summed E-state index contributed by atoms with van der Waals surface area (Å²) >= 11 is 1.14. The maximum absolute atomic E-state index is 13.4. The van der Waals surface area contributed by atoms with Gasteiger partial charge in [-0.3, -0.25) is 5.14 Å². The first-order valence-corrected chi connectivity index (χ1v) is 8.94. The van der Waals surface area contributed by atoms with Crippen LogP contribution in [0.1, 0.15) is 36.9 Å². The summed E-state index contributed by atoms with van der Waals surface area (Å²) in [5, 5.41) is 10.6. The number of nitrogens with zero attached hydrogens (tertiary/aromatic N) is 2. The van der Waals surface area contributed by atoms with E-state index in [0.717, 1.165) is 22.7 Å². The van der Waals surface area contributed by atoms with Crippen molar-refractivity contribution in [2.24, 2.45) is 10.6 Å². The SMILES string of the molecule is CC1(C)C(c2ccc(SN)nc2)C1c1cc(-c2cccc(F)c2)on1. The molecule has 0 saturated heterocycles. The maximum atomic E-state index is 13.4. The van der Waals surface area contributed by atoms with Crippen LogP contribution in [0.15, 0.2) is 58.2 Å². The summed E-state index contributed by atoms with van der Waals surface area (Å²) in [7, 11) is 0. The predicted octanol–water partition coefficient (Wildman–Crippen LogP) is 4.75. The van der Waals surface area contributed by atoms with Gasteiger partial charge in [0.05, 0.1) is 5.69 Å². The molecule has 0 spiro atoms. The van der Waals surface area contributed by atoms with E-state index in [2.05, 4.69) is 30.1 Å². The fourth-order valence-corrected chi connectivity index (χ4v) is 3.93. The van der Waals surface area contributed by atoms with E-state index in [-0.39, 0.29) is 17.2 Å². The number of hydrogen-bond acceptors (Lipinski definition) is 5. The normalized spacial score (nSPS) is 21.3. The molecule has 0 radical (unpaired) electrons. The third kappa shape index (κ3) is 2.85. The first-order valence-electron chi connectivity index (χ1n) is 8.06. The highest BCUT2D eigenvalue weighted by molar-refractivity contribution is 7.97. The van der Waals surface area contributed by atoms with Gasteiger partial charge in [-0.05, 0) is 41.1 Å². The Morgan fingerprint density at radius 2 is 2.00 bits per heavy atom.